The van der Waals surface area contributed by atoms with E-state index in [2.05, 4.69) is 33.9 Å². The lowest BCUT2D eigenvalue weighted by Gasteiger charge is -2.49. The number of hydrogen-bond acceptors (Lipinski definition) is 6. The van der Waals surface area contributed by atoms with E-state index in [-0.39, 0.29) is 28.6 Å². The second kappa shape index (κ2) is 9.57. The second-order valence-corrected chi connectivity index (χ2v) is 11.5. The molecule has 0 bridgehead atoms. The molecule has 7 nitrogen and oxygen atoms in total. The normalized spacial score (nSPS) is 26.2. The van der Waals surface area contributed by atoms with E-state index in [1.807, 2.05) is 0 Å². The fraction of sp³-hybridized carbons (Fsp3) is 0.643. The molecule has 2 saturated carbocycles. The molecule has 2 aromatic rings. The van der Waals surface area contributed by atoms with Crippen molar-refractivity contribution < 1.29 is 22.7 Å². The molecule has 1 N–H and O–H groups in total. The fourth-order valence-electron chi connectivity index (χ4n) is 6.36. The number of carbonyl (C=O) groups is 1. The number of hydrogen-bond donors (Lipinski definition) is 1. The molecular weight excluding hydrogens is 478 g/mol. The van der Waals surface area contributed by atoms with Gasteiger partial charge in [-0.05, 0) is 69.9 Å². The van der Waals surface area contributed by atoms with E-state index >= 15 is 0 Å². The van der Waals surface area contributed by atoms with Gasteiger partial charge in [-0.3, -0.25) is 9.69 Å². The Kier molecular flexibility index (Phi) is 6.37. The molecule has 6 rings (SSSR count). The van der Waals surface area contributed by atoms with Gasteiger partial charge in [0.1, 0.15) is 0 Å². The van der Waals surface area contributed by atoms with Crippen molar-refractivity contribution in [3.63, 3.8) is 0 Å². The largest absolute Gasteiger partial charge is 0.484 e. The lowest BCUT2D eigenvalue weighted by molar-refractivity contribution is 0.101. The molecule has 2 unspecified atom stereocenters. The standard InChI is InChI=1S/C28H36F2N4O3/c1-3-28(4-2)15-34(16-28)27-32-24(23(37-27)14-33-7-5-6-8-33)26(35)31-19-12-21(29)25(22(30)13-19)36-20-10-17-9-18(17)11-20/h12-13,17-18,20H,3-11,14-16H2,1-2H3,(H,31,35)/t17-,18?,20?/m0/s1. The van der Waals surface area contributed by atoms with Crippen LogP contribution in [-0.2, 0) is 6.54 Å². The van der Waals surface area contributed by atoms with Gasteiger partial charge < -0.3 is 19.4 Å². The third-order valence-electron chi connectivity index (χ3n) is 9.03. The second-order valence-electron chi connectivity index (χ2n) is 11.5. The summed E-state index contributed by atoms with van der Waals surface area (Å²) in [6, 6.07) is 2.66. The van der Waals surface area contributed by atoms with Gasteiger partial charge in [0.25, 0.3) is 11.9 Å². The van der Waals surface area contributed by atoms with Crippen molar-refractivity contribution in [2.24, 2.45) is 17.3 Å². The summed E-state index contributed by atoms with van der Waals surface area (Å²) in [5, 5.41) is 2.63. The summed E-state index contributed by atoms with van der Waals surface area (Å²) in [4.78, 5) is 22.1. The third kappa shape index (κ3) is 4.82. The molecule has 200 valence electrons. The molecule has 4 aliphatic rings. The minimum atomic E-state index is -0.815. The number of benzene rings is 1. The number of ether oxygens (including phenoxy) is 1. The van der Waals surface area contributed by atoms with Gasteiger partial charge in [0.05, 0.1) is 12.6 Å². The number of nitrogens with one attached hydrogen (secondary N) is 1. The van der Waals surface area contributed by atoms with Gasteiger partial charge in [-0.1, -0.05) is 13.8 Å². The SMILES string of the molecule is CCC1(CC)CN(c2nc(C(=O)Nc3cc(F)c(OC4CC5C[C@H]5C4)c(F)c3)c(CN3CCCC3)o2)C1. The average molecular weight is 515 g/mol. The maximum atomic E-state index is 14.8. The quantitative estimate of drug-likeness (QED) is 0.470. The first-order valence-corrected chi connectivity index (χ1v) is 13.8. The Bertz CT molecular complexity index is 1130. The zero-order chi connectivity index (χ0) is 25.7. The van der Waals surface area contributed by atoms with Gasteiger partial charge in [0.2, 0.25) is 0 Å². The van der Waals surface area contributed by atoms with Crippen LogP contribution in [0.25, 0.3) is 0 Å². The molecule has 0 spiro atoms. The molecule has 1 aromatic heterocycles. The number of amides is 1. The molecule has 1 aromatic carbocycles. The van der Waals surface area contributed by atoms with Crippen molar-refractivity contribution >= 4 is 17.6 Å². The first-order valence-electron chi connectivity index (χ1n) is 13.8. The maximum absolute atomic E-state index is 14.8. The highest BCUT2D eigenvalue weighted by atomic mass is 19.1. The van der Waals surface area contributed by atoms with Gasteiger partial charge in [0.15, 0.2) is 28.8 Å². The van der Waals surface area contributed by atoms with Crippen LogP contribution in [0.2, 0.25) is 0 Å². The van der Waals surface area contributed by atoms with E-state index in [9.17, 15) is 13.6 Å². The average Bonchev–Trinajstić information content (AvgIpc) is 3.24. The molecule has 37 heavy (non-hydrogen) atoms. The predicted molar refractivity (Wildman–Crippen MR) is 136 cm³/mol. The first kappa shape index (κ1) is 24.6. The van der Waals surface area contributed by atoms with E-state index in [0.29, 0.717) is 30.2 Å². The lowest BCUT2D eigenvalue weighted by atomic mass is 9.75. The number of nitrogens with zero attached hydrogens (tertiary/aromatic N) is 3. The zero-order valence-corrected chi connectivity index (χ0v) is 21.7. The van der Waals surface area contributed by atoms with Crippen molar-refractivity contribution in [3.05, 3.63) is 35.2 Å². The van der Waals surface area contributed by atoms with Crippen LogP contribution < -0.4 is 15.0 Å². The molecule has 4 fully saturated rings. The number of likely N-dealkylation sites (tertiary alicyclic amines) is 1. The summed E-state index contributed by atoms with van der Waals surface area (Å²) < 4.78 is 41.4. The Morgan fingerprint density at radius 2 is 1.76 bits per heavy atom. The smallest absolute Gasteiger partial charge is 0.298 e. The third-order valence-corrected chi connectivity index (χ3v) is 9.03. The summed E-state index contributed by atoms with van der Waals surface area (Å²) in [6.45, 7) is 8.43. The Hall–Kier alpha value is -2.68. The number of carbonyl (C=O) groups excluding carboxylic acids is 1. The summed E-state index contributed by atoms with van der Waals surface area (Å²) in [6.07, 6.45) is 7.14. The van der Waals surface area contributed by atoms with Crippen LogP contribution in [0.4, 0.5) is 20.5 Å². The van der Waals surface area contributed by atoms with Crippen LogP contribution in [0.15, 0.2) is 16.5 Å². The summed E-state index contributed by atoms with van der Waals surface area (Å²) >= 11 is 0. The van der Waals surface area contributed by atoms with Crippen LogP contribution >= 0.6 is 0 Å². The number of anilines is 2. The molecule has 3 atom stereocenters. The van der Waals surface area contributed by atoms with E-state index in [4.69, 9.17) is 9.15 Å². The van der Waals surface area contributed by atoms with Crippen LogP contribution in [0.1, 0.15) is 75.0 Å². The minimum Gasteiger partial charge on any atom is -0.484 e. The van der Waals surface area contributed by atoms with E-state index in [1.54, 1.807) is 0 Å². The van der Waals surface area contributed by atoms with Gasteiger partial charge in [0, 0.05) is 36.3 Å². The Labute approximate surface area is 216 Å². The van der Waals surface area contributed by atoms with Gasteiger partial charge in [-0.15, -0.1) is 0 Å². The summed E-state index contributed by atoms with van der Waals surface area (Å²) in [5.41, 5.74) is 0.445. The van der Waals surface area contributed by atoms with Crippen molar-refractivity contribution in [1.82, 2.24) is 9.88 Å². The molecule has 1 amide bonds. The van der Waals surface area contributed by atoms with E-state index in [1.165, 1.54) is 6.42 Å². The van der Waals surface area contributed by atoms with Crippen molar-refractivity contribution in [2.45, 2.75) is 71.4 Å². The fourth-order valence-corrected chi connectivity index (χ4v) is 6.36. The van der Waals surface area contributed by atoms with Crippen molar-refractivity contribution in [2.75, 3.05) is 36.4 Å². The molecule has 0 radical (unpaired) electrons. The lowest BCUT2D eigenvalue weighted by Crippen LogP contribution is -2.56. The highest BCUT2D eigenvalue weighted by Crippen LogP contribution is 2.52. The Morgan fingerprint density at radius 1 is 1.11 bits per heavy atom. The van der Waals surface area contributed by atoms with E-state index in [0.717, 1.165) is 76.8 Å². The van der Waals surface area contributed by atoms with Gasteiger partial charge in [-0.25, -0.2) is 8.78 Å². The number of aromatic nitrogens is 1. The topological polar surface area (TPSA) is 70.8 Å². The monoisotopic (exact) mass is 514 g/mol. The van der Waals surface area contributed by atoms with Gasteiger partial charge in [-0.2, -0.15) is 4.98 Å². The molecule has 9 heteroatoms. The van der Waals surface area contributed by atoms with Gasteiger partial charge >= 0.3 is 0 Å². The van der Waals surface area contributed by atoms with Crippen molar-refractivity contribution in [1.29, 1.82) is 0 Å². The molecule has 2 aliphatic carbocycles. The molecule has 3 heterocycles. The molecule has 2 aliphatic heterocycles. The van der Waals surface area contributed by atoms with E-state index < -0.39 is 17.5 Å². The Morgan fingerprint density at radius 3 is 2.38 bits per heavy atom. The Balaban J connectivity index is 1.18. The number of halogens is 2. The van der Waals surface area contributed by atoms with Crippen LogP contribution in [0, 0.1) is 28.9 Å². The zero-order valence-electron chi connectivity index (χ0n) is 21.7. The number of rotatable bonds is 9. The minimum absolute atomic E-state index is 0.0261. The highest BCUT2D eigenvalue weighted by Gasteiger charge is 2.47. The predicted octanol–water partition coefficient (Wildman–Crippen LogP) is 5.60. The maximum Gasteiger partial charge on any atom is 0.298 e. The summed E-state index contributed by atoms with van der Waals surface area (Å²) in [7, 11) is 0. The number of oxazole rings is 1. The summed E-state index contributed by atoms with van der Waals surface area (Å²) in [5.74, 6) is -0.751. The molecular formula is C28H36F2N4O3. The number of fused-ring (bicyclic) bond motifs is 1. The van der Waals surface area contributed by atoms with Crippen molar-refractivity contribution in [3.8, 4) is 5.75 Å². The van der Waals surface area contributed by atoms with Crippen LogP contribution in [0.3, 0.4) is 0 Å². The first-order chi connectivity index (χ1) is 17.9. The highest BCUT2D eigenvalue weighted by molar-refractivity contribution is 6.03. The van der Waals surface area contributed by atoms with Crippen LogP contribution in [-0.4, -0.2) is 48.1 Å². The van der Waals surface area contributed by atoms with Crippen LogP contribution in [0.5, 0.6) is 5.75 Å². The molecule has 2 saturated heterocycles.